The SMILES string of the molecule is C=CS(=O)(=O)NC[C@H]1CCN(C(=O)c2cc(OC)cc(OC)c2)C1. The molecule has 0 spiro atoms. The van der Waals surface area contributed by atoms with Gasteiger partial charge in [0.25, 0.3) is 5.91 Å². The predicted molar refractivity (Wildman–Crippen MR) is 90.7 cm³/mol. The monoisotopic (exact) mass is 354 g/mol. The molecular weight excluding hydrogens is 332 g/mol. The van der Waals surface area contributed by atoms with Gasteiger partial charge in [-0.05, 0) is 24.5 Å². The van der Waals surface area contributed by atoms with Crippen molar-refractivity contribution in [3.63, 3.8) is 0 Å². The molecule has 0 bridgehead atoms. The maximum Gasteiger partial charge on any atom is 0.254 e. The molecule has 0 unspecified atom stereocenters. The second kappa shape index (κ2) is 7.67. The number of hydrogen-bond acceptors (Lipinski definition) is 5. The van der Waals surface area contributed by atoms with Crippen molar-refractivity contribution in [2.45, 2.75) is 6.42 Å². The van der Waals surface area contributed by atoms with Crippen molar-refractivity contribution in [2.24, 2.45) is 5.92 Å². The molecule has 132 valence electrons. The average Bonchev–Trinajstić information content (AvgIpc) is 3.08. The van der Waals surface area contributed by atoms with Gasteiger partial charge < -0.3 is 14.4 Å². The molecule has 1 saturated heterocycles. The second-order valence-electron chi connectivity index (χ2n) is 5.57. The Kier molecular flexibility index (Phi) is 5.84. The topological polar surface area (TPSA) is 84.9 Å². The lowest BCUT2D eigenvalue weighted by atomic mass is 10.1. The first-order chi connectivity index (χ1) is 11.4. The minimum absolute atomic E-state index is 0.0798. The molecule has 2 rings (SSSR count). The number of ether oxygens (including phenoxy) is 2. The Morgan fingerprint density at radius 2 is 1.96 bits per heavy atom. The van der Waals surface area contributed by atoms with Gasteiger partial charge in [0.15, 0.2) is 0 Å². The number of hydrogen-bond donors (Lipinski definition) is 1. The van der Waals surface area contributed by atoms with Gasteiger partial charge in [0.05, 0.1) is 14.2 Å². The number of benzene rings is 1. The van der Waals surface area contributed by atoms with Crippen LogP contribution in [-0.2, 0) is 10.0 Å². The molecular formula is C16H22N2O5S. The fourth-order valence-electron chi connectivity index (χ4n) is 2.59. The van der Waals surface area contributed by atoms with E-state index in [1.165, 1.54) is 14.2 Å². The summed E-state index contributed by atoms with van der Waals surface area (Å²) in [5.74, 6) is 1.05. The largest absolute Gasteiger partial charge is 0.497 e. The smallest absolute Gasteiger partial charge is 0.254 e. The lowest BCUT2D eigenvalue weighted by molar-refractivity contribution is 0.0786. The van der Waals surface area contributed by atoms with Crippen LogP contribution in [0.15, 0.2) is 30.2 Å². The Balaban J connectivity index is 2.03. The van der Waals surface area contributed by atoms with Gasteiger partial charge in [0.1, 0.15) is 11.5 Å². The molecule has 1 N–H and O–H groups in total. The van der Waals surface area contributed by atoms with Crippen LogP contribution < -0.4 is 14.2 Å². The van der Waals surface area contributed by atoms with Gasteiger partial charge in [0.2, 0.25) is 10.0 Å². The fraction of sp³-hybridized carbons (Fsp3) is 0.438. The van der Waals surface area contributed by atoms with E-state index >= 15 is 0 Å². The number of amides is 1. The number of carbonyl (C=O) groups is 1. The number of nitrogens with zero attached hydrogens (tertiary/aromatic N) is 1. The Hall–Kier alpha value is -2.06. The van der Waals surface area contributed by atoms with Gasteiger partial charge in [-0.2, -0.15) is 0 Å². The van der Waals surface area contributed by atoms with Gasteiger partial charge in [-0.3, -0.25) is 4.79 Å². The summed E-state index contributed by atoms with van der Waals surface area (Å²) in [4.78, 5) is 14.4. The van der Waals surface area contributed by atoms with Gasteiger partial charge in [0, 0.05) is 36.7 Å². The lowest BCUT2D eigenvalue weighted by Gasteiger charge is -2.18. The van der Waals surface area contributed by atoms with E-state index in [1.807, 2.05) is 0 Å². The molecule has 0 saturated carbocycles. The van der Waals surface area contributed by atoms with E-state index in [-0.39, 0.29) is 11.8 Å². The highest BCUT2D eigenvalue weighted by atomic mass is 32.2. The summed E-state index contributed by atoms with van der Waals surface area (Å²) in [7, 11) is -0.381. The summed E-state index contributed by atoms with van der Waals surface area (Å²) in [6, 6.07) is 5.03. The molecule has 8 heteroatoms. The van der Waals surface area contributed by atoms with E-state index in [2.05, 4.69) is 11.3 Å². The van der Waals surface area contributed by atoms with Crippen molar-refractivity contribution < 1.29 is 22.7 Å². The highest BCUT2D eigenvalue weighted by Gasteiger charge is 2.28. The first-order valence-corrected chi connectivity index (χ1v) is 9.07. The Morgan fingerprint density at radius 3 is 2.50 bits per heavy atom. The van der Waals surface area contributed by atoms with Crippen LogP contribution >= 0.6 is 0 Å². The minimum atomic E-state index is -3.44. The van der Waals surface area contributed by atoms with Crippen molar-refractivity contribution in [3.8, 4) is 11.5 Å². The molecule has 1 aromatic rings. The molecule has 7 nitrogen and oxygen atoms in total. The number of sulfonamides is 1. The van der Waals surface area contributed by atoms with E-state index < -0.39 is 10.0 Å². The summed E-state index contributed by atoms with van der Waals surface area (Å²) in [5, 5.41) is 0.882. The van der Waals surface area contributed by atoms with Gasteiger partial charge in [-0.15, -0.1) is 0 Å². The zero-order valence-corrected chi connectivity index (χ0v) is 14.6. The standard InChI is InChI=1S/C16H22N2O5S/c1-4-24(20,21)17-10-12-5-6-18(11-12)16(19)13-7-14(22-2)9-15(8-13)23-3/h4,7-9,12,17H,1,5-6,10-11H2,2-3H3/t12-/m1/s1. The van der Waals surface area contributed by atoms with E-state index in [0.29, 0.717) is 36.7 Å². The molecule has 0 aromatic heterocycles. The number of methoxy groups -OCH3 is 2. The molecule has 1 aliphatic heterocycles. The second-order valence-corrected chi connectivity index (χ2v) is 7.28. The molecule has 0 aliphatic carbocycles. The molecule has 1 aliphatic rings. The van der Waals surface area contributed by atoms with Crippen LogP contribution in [0, 0.1) is 5.92 Å². The lowest BCUT2D eigenvalue weighted by Crippen LogP contribution is -2.32. The van der Waals surface area contributed by atoms with Crippen LogP contribution in [-0.4, -0.2) is 53.1 Å². The van der Waals surface area contributed by atoms with Crippen molar-refractivity contribution in [3.05, 3.63) is 35.7 Å². The molecule has 1 atom stereocenters. The number of carbonyl (C=O) groups excluding carboxylic acids is 1. The highest BCUT2D eigenvalue weighted by Crippen LogP contribution is 2.25. The van der Waals surface area contributed by atoms with E-state index in [0.717, 1.165) is 11.8 Å². The Labute approximate surface area is 142 Å². The van der Waals surface area contributed by atoms with Crippen molar-refractivity contribution in [2.75, 3.05) is 33.9 Å². The summed E-state index contributed by atoms with van der Waals surface area (Å²) in [5.41, 5.74) is 0.485. The average molecular weight is 354 g/mol. The number of rotatable bonds is 7. The normalized spacial score (nSPS) is 17.6. The predicted octanol–water partition coefficient (Wildman–Crippen LogP) is 1.23. The van der Waals surface area contributed by atoms with Crippen molar-refractivity contribution in [1.82, 2.24) is 9.62 Å². The zero-order valence-electron chi connectivity index (χ0n) is 13.8. The maximum atomic E-state index is 12.6. The molecule has 1 amide bonds. The van der Waals surface area contributed by atoms with Crippen LogP contribution in [0.25, 0.3) is 0 Å². The van der Waals surface area contributed by atoms with Gasteiger partial charge in [-0.1, -0.05) is 6.58 Å². The molecule has 1 heterocycles. The van der Waals surface area contributed by atoms with Gasteiger partial charge >= 0.3 is 0 Å². The first-order valence-electron chi connectivity index (χ1n) is 7.53. The molecule has 0 radical (unpaired) electrons. The zero-order chi connectivity index (χ0) is 17.7. The van der Waals surface area contributed by atoms with Crippen LogP contribution in [0.3, 0.4) is 0 Å². The van der Waals surface area contributed by atoms with Crippen LogP contribution in [0.4, 0.5) is 0 Å². The van der Waals surface area contributed by atoms with Gasteiger partial charge in [-0.25, -0.2) is 13.1 Å². The number of nitrogens with one attached hydrogen (secondary N) is 1. The van der Waals surface area contributed by atoms with Crippen molar-refractivity contribution >= 4 is 15.9 Å². The van der Waals surface area contributed by atoms with E-state index in [1.54, 1.807) is 23.1 Å². The first kappa shape index (κ1) is 18.3. The third-order valence-electron chi connectivity index (χ3n) is 3.96. The molecule has 24 heavy (non-hydrogen) atoms. The summed E-state index contributed by atoms with van der Waals surface area (Å²) in [6.45, 7) is 4.63. The highest BCUT2D eigenvalue weighted by molar-refractivity contribution is 7.92. The fourth-order valence-corrected chi connectivity index (χ4v) is 3.18. The summed E-state index contributed by atoms with van der Waals surface area (Å²) in [6.07, 6.45) is 0.743. The van der Waals surface area contributed by atoms with E-state index in [4.69, 9.17) is 9.47 Å². The molecule has 1 fully saturated rings. The Morgan fingerprint density at radius 1 is 1.33 bits per heavy atom. The maximum absolute atomic E-state index is 12.6. The summed E-state index contributed by atoms with van der Waals surface area (Å²) >= 11 is 0. The molecule has 1 aromatic carbocycles. The van der Waals surface area contributed by atoms with Crippen LogP contribution in [0.5, 0.6) is 11.5 Å². The van der Waals surface area contributed by atoms with Crippen molar-refractivity contribution in [1.29, 1.82) is 0 Å². The summed E-state index contributed by atoms with van der Waals surface area (Å²) < 4.78 is 35.6. The van der Waals surface area contributed by atoms with Crippen LogP contribution in [0.1, 0.15) is 16.8 Å². The Bertz CT molecular complexity index is 695. The third kappa shape index (κ3) is 4.48. The quantitative estimate of drug-likeness (QED) is 0.796. The minimum Gasteiger partial charge on any atom is -0.497 e. The van der Waals surface area contributed by atoms with E-state index in [9.17, 15) is 13.2 Å². The van der Waals surface area contributed by atoms with Crippen LogP contribution in [0.2, 0.25) is 0 Å². The number of likely N-dealkylation sites (tertiary alicyclic amines) is 1. The third-order valence-corrected chi connectivity index (χ3v) is 4.97.